The van der Waals surface area contributed by atoms with E-state index >= 15 is 0 Å². The molecule has 7 heterocycles. The Hall–Kier alpha value is -8.39. The van der Waals surface area contributed by atoms with Crippen molar-refractivity contribution in [3.05, 3.63) is 184 Å². The number of carbonyl (C=O) groups is 2. The minimum atomic E-state index is -0.811. The van der Waals surface area contributed by atoms with Gasteiger partial charge in [-0.1, -0.05) is 48.5 Å². The summed E-state index contributed by atoms with van der Waals surface area (Å²) in [6.45, 7) is 0.142. The van der Waals surface area contributed by atoms with Gasteiger partial charge in [-0.2, -0.15) is 5.10 Å². The van der Waals surface area contributed by atoms with Gasteiger partial charge in [0.25, 0.3) is 0 Å². The number of esters is 2. The van der Waals surface area contributed by atoms with Crippen LogP contribution in [0.5, 0.6) is 0 Å². The Kier molecular flexibility index (Phi) is 10.0. The largest absolute Gasteiger partial charge is 0.465 e. The SMILES string of the molecule is COC(=O)c1nn2c(c1C(=O)OC)CC1c3nc(c(-c4ccc(F)cc4)c4ccc([nH]4)c(-c4ccc(F)cc4)c4nc(c(-c5ccc(F)cc5)c5ccc([nH]5)c3-c3ccc(F)cc3)C=C4)C1C2. The second kappa shape index (κ2) is 16.2. The molecule has 0 saturated heterocycles. The zero-order valence-electron chi connectivity index (χ0n) is 35.7. The van der Waals surface area contributed by atoms with Crippen molar-refractivity contribution in [3.8, 4) is 44.5 Å². The van der Waals surface area contributed by atoms with Crippen LogP contribution in [0.3, 0.4) is 0 Å². The molecule has 0 saturated carbocycles. The summed E-state index contributed by atoms with van der Waals surface area (Å²) in [6.07, 6.45) is 3.91. The fraction of sp³-hybridized carbons (Fsp3) is 0.113. The van der Waals surface area contributed by atoms with E-state index < -0.39 is 47.0 Å². The van der Waals surface area contributed by atoms with E-state index in [9.17, 15) is 27.2 Å². The van der Waals surface area contributed by atoms with Gasteiger partial charge >= 0.3 is 11.9 Å². The van der Waals surface area contributed by atoms with Gasteiger partial charge in [-0.15, -0.1) is 0 Å². The molecule has 0 aliphatic carbocycles. The third kappa shape index (κ3) is 7.08. The molecule has 0 amide bonds. The van der Waals surface area contributed by atoms with Crippen molar-refractivity contribution >= 4 is 46.2 Å². The molecule has 3 aliphatic heterocycles. The first-order valence-electron chi connectivity index (χ1n) is 21.3. The molecule has 0 radical (unpaired) electrons. The van der Waals surface area contributed by atoms with E-state index in [1.165, 1.54) is 62.8 Å². The van der Waals surface area contributed by atoms with E-state index in [1.54, 1.807) is 53.2 Å². The lowest BCUT2D eigenvalue weighted by atomic mass is 9.79. The van der Waals surface area contributed by atoms with Gasteiger partial charge in [0, 0.05) is 56.2 Å². The van der Waals surface area contributed by atoms with Crippen LogP contribution in [-0.2, 0) is 22.4 Å². The monoisotopic (exact) mass is 896 g/mol. The van der Waals surface area contributed by atoms with Crippen LogP contribution in [0.1, 0.15) is 61.2 Å². The topological polar surface area (TPSA) is 128 Å². The molecule has 2 unspecified atom stereocenters. The Morgan fingerprint density at radius 2 is 0.910 bits per heavy atom. The van der Waals surface area contributed by atoms with Gasteiger partial charge in [0.15, 0.2) is 5.69 Å². The molecular weight excluding hydrogens is 861 g/mol. The summed E-state index contributed by atoms with van der Waals surface area (Å²) in [4.78, 5) is 44.8. The van der Waals surface area contributed by atoms with E-state index in [0.717, 1.165) is 0 Å². The van der Waals surface area contributed by atoms with E-state index in [-0.39, 0.29) is 24.2 Å². The number of H-pyrrole nitrogens is 2. The zero-order valence-corrected chi connectivity index (χ0v) is 35.7. The van der Waals surface area contributed by atoms with Crippen LogP contribution in [0.4, 0.5) is 17.6 Å². The fourth-order valence-electron chi connectivity index (χ4n) is 9.66. The summed E-state index contributed by atoms with van der Waals surface area (Å²) >= 11 is 0. The van der Waals surface area contributed by atoms with Gasteiger partial charge in [-0.25, -0.2) is 32.1 Å². The lowest BCUT2D eigenvalue weighted by Gasteiger charge is -2.28. The number of benzene rings is 4. The number of nitrogens with zero attached hydrogens (tertiary/aromatic N) is 4. The van der Waals surface area contributed by atoms with Crippen LogP contribution in [-0.4, -0.2) is 55.9 Å². The summed E-state index contributed by atoms with van der Waals surface area (Å²) < 4.78 is 70.5. The normalized spacial score (nSPS) is 15.0. The molecule has 0 fully saturated rings. The van der Waals surface area contributed by atoms with Gasteiger partial charge in [0.05, 0.1) is 49.2 Å². The number of aromatic amines is 2. The number of carbonyl (C=O) groups excluding carboxylic acids is 2. The van der Waals surface area contributed by atoms with Gasteiger partial charge in [-0.3, -0.25) is 9.67 Å². The summed E-state index contributed by atoms with van der Waals surface area (Å²) in [6, 6.07) is 32.0. The highest BCUT2D eigenvalue weighted by Crippen LogP contribution is 2.51. The molecule has 8 aromatic rings. The van der Waals surface area contributed by atoms with Crippen molar-refractivity contribution in [2.75, 3.05) is 14.2 Å². The van der Waals surface area contributed by atoms with E-state index in [0.29, 0.717) is 95.0 Å². The summed E-state index contributed by atoms with van der Waals surface area (Å²) in [5, 5.41) is 4.64. The molecule has 2 atom stereocenters. The highest BCUT2D eigenvalue weighted by Gasteiger charge is 2.44. The number of halogens is 4. The van der Waals surface area contributed by atoms with Crippen molar-refractivity contribution in [1.82, 2.24) is 29.7 Å². The van der Waals surface area contributed by atoms with Gasteiger partial charge < -0.3 is 19.4 Å². The van der Waals surface area contributed by atoms with E-state index in [1.807, 2.05) is 36.4 Å². The molecule has 67 heavy (non-hydrogen) atoms. The maximum Gasteiger partial charge on any atom is 0.359 e. The average molecular weight is 897 g/mol. The highest BCUT2D eigenvalue weighted by atomic mass is 19.1. The second-order valence-corrected chi connectivity index (χ2v) is 16.4. The molecule has 4 aromatic heterocycles. The highest BCUT2D eigenvalue weighted by molar-refractivity contribution is 6.03. The predicted octanol–water partition coefficient (Wildman–Crippen LogP) is 11.6. The van der Waals surface area contributed by atoms with Crippen LogP contribution in [0, 0.1) is 23.3 Å². The standard InChI is InChI=1S/C53H36F4N6O4/c1-66-52(64)48-43-25-35-36(26-63(43)62-51(48)53(65)67-2)50-47(30-9-17-34(57)18-10-30)42-24-22-40(60-42)45(28-5-13-32(55)14-6-28)38-20-19-37(58-38)44(27-3-11-31(54)12-4-27)39-21-23-41(59-39)46(49(35)61-50)29-7-15-33(56)16-8-29/h3-24,35-36,59-60H,25-26H2,1-2H3. The molecule has 330 valence electrons. The Morgan fingerprint density at radius 1 is 0.522 bits per heavy atom. The molecule has 4 aromatic carbocycles. The Bertz CT molecular complexity index is 3520. The Balaban J connectivity index is 1.33. The van der Waals surface area contributed by atoms with Crippen molar-refractivity contribution < 1.29 is 36.6 Å². The number of aromatic nitrogens is 6. The maximum absolute atomic E-state index is 14.8. The van der Waals surface area contributed by atoms with E-state index in [2.05, 4.69) is 15.1 Å². The number of hydrogen-bond acceptors (Lipinski definition) is 7. The molecule has 0 spiro atoms. The molecule has 8 bridgehead atoms. The van der Waals surface area contributed by atoms with E-state index in [4.69, 9.17) is 19.4 Å². The minimum Gasteiger partial charge on any atom is -0.465 e. The second-order valence-electron chi connectivity index (χ2n) is 16.4. The number of hydrogen-bond donors (Lipinski definition) is 2. The van der Waals surface area contributed by atoms with Gasteiger partial charge in [-0.05, 0) is 114 Å². The van der Waals surface area contributed by atoms with Crippen molar-refractivity contribution in [1.29, 1.82) is 0 Å². The number of ether oxygens (including phenoxy) is 2. The van der Waals surface area contributed by atoms with Gasteiger partial charge in [0.1, 0.15) is 28.8 Å². The summed E-state index contributed by atoms with van der Waals surface area (Å²) in [5.74, 6) is -4.26. The molecule has 14 heteroatoms. The first-order chi connectivity index (χ1) is 32.6. The number of rotatable bonds is 6. The smallest absolute Gasteiger partial charge is 0.359 e. The van der Waals surface area contributed by atoms with Crippen molar-refractivity contribution in [3.63, 3.8) is 0 Å². The van der Waals surface area contributed by atoms with Crippen LogP contribution >= 0.6 is 0 Å². The Morgan fingerprint density at radius 3 is 1.33 bits per heavy atom. The molecular formula is C53H36F4N6O4. The average Bonchev–Trinajstić information content (AvgIpc) is 4.21. The molecule has 2 N–H and O–H groups in total. The lowest BCUT2D eigenvalue weighted by molar-refractivity contribution is 0.0551. The first kappa shape index (κ1) is 41.3. The third-order valence-electron chi connectivity index (χ3n) is 12.7. The third-order valence-corrected chi connectivity index (χ3v) is 12.7. The van der Waals surface area contributed by atoms with Crippen LogP contribution in [0.15, 0.2) is 121 Å². The summed E-state index contributed by atoms with van der Waals surface area (Å²) in [7, 11) is 2.43. The van der Waals surface area contributed by atoms with Crippen molar-refractivity contribution in [2.24, 2.45) is 0 Å². The van der Waals surface area contributed by atoms with Crippen LogP contribution in [0.25, 0.3) is 78.7 Å². The van der Waals surface area contributed by atoms with Crippen molar-refractivity contribution in [2.45, 2.75) is 24.8 Å². The minimum absolute atomic E-state index is 0.0231. The van der Waals surface area contributed by atoms with Crippen LogP contribution in [0.2, 0.25) is 0 Å². The summed E-state index contributed by atoms with van der Waals surface area (Å²) in [5.41, 5.74) is 10.1. The Labute approximate surface area is 379 Å². The zero-order chi connectivity index (χ0) is 46.1. The number of fused-ring (bicyclic) bond motifs is 12. The van der Waals surface area contributed by atoms with Gasteiger partial charge in [0.2, 0.25) is 0 Å². The number of methoxy groups -OCH3 is 2. The quantitative estimate of drug-likeness (QED) is 0.126. The fourth-order valence-corrected chi connectivity index (χ4v) is 9.66. The first-order valence-corrected chi connectivity index (χ1v) is 21.3. The maximum atomic E-state index is 14.8. The van der Waals surface area contributed by atoms with Crippen LogP contribution < -0.4 is 0 Å². The number of nitrogens with one attached hydrogen (secondary N) is 2. The predicted molar refractivity (Wildman–Crippen MR) is 246 cm³/mol. The molecule has 3 aliphatic rings. The molecule has 10 nitrogen and oxygen atoms in total. The lowest BCUT2D eigenvalue weighted by Crippen LogP contribution is -2.26. The molecule has 11 rings (SSSR count).